The van der Waals surface area contributed by atoms with E-state index >= 15 is 0 Å². The Bertz CT molecular complexity index is 1040. The third-order valence-corrected chi connectivity index (χ3v) is 6.15. The zero-order valence-corrected chi connectivity index (χ0v) is 21.8. The number of carbonyl (C=O) groups excluding carboxylic acids is 3. The molecule has 0 saturated carbocycles. The first-order chi connectivity index (χ1) is 17.3. The molecule has 0 saturated heterocycles. The number of fused-ring (bicyclic) bond motifs is 1. The average Bonchev–Trinajstić information content (AvgIpc) is 2.86. The number of aromatic nitrogens is 1. The number of hydrogen-bond acceptors (Lipinski definition) is 5. The molecule has 0 spiro atoms. The van der Waals surface area contributed by atoms with E-state index in [0.29, 0.717) is 64.2 Å². The highest BCUT2D eigenvalue weighted by Crippen LogP contribution is 2.23. The van der Waals surface area contributed by atoms with Crippen LogP contribution in [-0.2, 0) is 20.9 Å². The van der Waals surface area contributed by atoms with Crippen LogP contribution in [0.15, 0.2) is 42.5 Å². The summed E-state index contributed by atoms with van der Waals surface area (Å²) < 4.78 is 0. The molecule has 1 aliphatic rings. The molecule has 36 heavy (non-hydrogen) atoms. The SMILES string of the molecule is Cc1cccc(NC(=O)CCCC(=O)N2CCCN(C(=O)CC(C)C)c3ccccc3CNCC2)n1. The molecule has 2 aromatic rings. The molecule has 0 aliphatic carbocycles. The van der Waals surface area contributed by atoms with Crippen molar-refractivity contribution < 1.29 is 14.4 Å². The molecule has 3 rings (SSSR count). The van der Waals surface area contributed by atoms with Crippen LogP contribution in [0.5, 0.6) is 0 Å². The van der Waals surface area contributed by atoms with Gasteiger partial charge < -0.3 is 20.4 Å². The van der Waals surface area contributed by atoms with Crippen molar-refractivity contribution in [1.82, 2.24) is 15.2 Å². The molecule has 1 aromatic carbocycles. The maximum absolute atomic E-state index is 13.1. The lowest BCUT2D eigenvalue weighted by atomic mass is 10.1. The van der Waals surface area contributed by atoms with E-state index in [4.69, 9.17) is 0 Å². The zero-order chi connectivity index (χ0) is 25.9. The van der Waals surface area contributed by atoms with Crippen molar-refractivity contribution in [3.8, 4) is 0 Å². The molecule has 0 unspecified atom stereocenters. The van der Waals surface area contributed by atoms with Crippen molar-refractivity contribution in [1.29, 1.82) is 0 Å². The van der Waals surface area contributed by atoms with Crippen molar-refractivity contribution >= 4 is 29.2 Å². The summed E-state index contributed by atoms with van der Waals surface area (Å²) in [7, 11) is 0. The highest BCUT2D eigenvalue weighted by atomic mass is 16.2. The second kappa shape index (κ2) is 13.7. The molecule has 0 fully saturated rings. The van der Waals surface area contributed by atoms with Gasteiger partial charge in [-0.15, -0.1) is 0 Å². The largest absolute Gasteiger partial charge is 0.341 e. The Hall–Kier alpha value is -3.26. The van der Waals surface area contributed by atoms with Crippen LogP contribution in [0.3, 0.4) is 0 Å². The predicted octanol–water partition coefficient (Wildman–Crippen LogP) is 3.90. The van der Waals surface area contributed by atoms with E-state index in [9.17, 15) is 14.4 Å². The third kappa shape index (κ3) is 8.45. The zero-order valence-electron chi connectivity index (χ0n) is 21.8. The second-order valence-electron chi connectivity index (χ2n) is 9.75. The van der Waals surface area contributed by atoms with E-state index in [1.54, 1.807) is 6.07 Å². The molecule has 0 atom stereocenters. The summed E-state index contributed by atoms with van der Waals surface area (Å²) in [5.41, 5.74) is 2.87. The van der Waals surface area contributed by atoms with Crippen molar-refractivity contribution in [3.63, 3.8) is 0 Å². The number of rotatable bonds is 7. The van der Waals surface area contributed by atoms with Crippen LogP contribution in [0.25, 0.3) is 0 Å². The number of benzene rings is 1. The molecular formula is C28H39N5O3. The van der Waals surface area contributed by atoms with Crippen LogP contribution in [0, 0.1) is 12.8 Å². The minimum absolute atomic E-state index is 0.0371. The van der Waals surface area contributed by atoms with Crippen LogP contribution < -0.4 is 15.5 Å². The Morgan fingerprint density at radius 2 is 1.81 bits per heavy atom. The van der Waals surface area contributed by atoms with Crippen LogP contribution in [-0.4, -0.2) is 53.8 Å². The predicted molar refractivity (Wildman–Crippen MR) is 143 cm³/mol. The quantitative estimate of drug-likeness (QED) is 0.610. The fraction of sp³-hybridized carbons (Fsp3) is 0.500. The van der Waals surface area contributed by atoms with Crippen LogP contribution >= 0.6 is 0 Å². The fourth-order valence-corrected chi connectivity index (χ4v) is 4.36. The molecule has 8 nitrogen and oxygen atoms in total. The smallest absolute Gasteiger partial charge is 0.227 e. The number of para-hydroxylation sites is 1. The van der Waals surface area contributed by atoms with Gasteiger partial charge in [0.25, 0.3) is 0 Å². The van der Waals surface area contributed by atoms with Crippen molar-refractivity contribution in [2.24, 2.45) is 5.92 Å². The van der Waals surface area contributed by atoms with Crippen molar-refractivity contribution in [2.45, 2.75) is 59.4 Å². The molecule has 1 aliphatic heterocycles. The van der Waals surface area contributed by atoms with E-state index in [1.165, 1.54) is 0 Å². The number of anilines is 2. The van der Waals surface area contributed by atoms with Gasteiger partial charge in [0.15, 0.2) is 0 Å². The maximum Gasteiger partial charge on any atom is 0.227 e. The number of aryl methyl sites for hydroxylation is 1. The van der Waals surface area contributed by atoms with Gasteiger partial charge in [-0.3, -0.25) is 14.4 Å². The Morgan fingerprint density at radius 1 is 1.00 bits per heavy atom. The van der Waals surface area contributed by atoms with Crippen LogP contribution in [0.1, 0.15) is 57.2 Å². The van der Waals surface area contributed by atoms with Gasteiger partial charge in [0, 0.05) is 63.4 Å². The van der Waals surface area contributed by atoms with E-state index < -0.39 is 0 Å². The summed E-state index contributed by atoms with van der Waals surface area (Å²) in [6.07, 6.45) is 2.24. The van der Waals surface area contributed by atoms with Gasteiger partial charge >= 0.3 is 0 Å². The molecule has 2 heterocycles. The summed E-state index contributed by atoms with van der Waals surface area (Å²) in [6.45, 7) is 9.02. The third-order valence-electron chi connectivity index (χ3n) is 6.15. The van der Waals surface area contributed by atoms with E-state index in [2.05, 4.69) is 35.5 Å². The molecular weight excluding hydrogens is 454 g/mol. The molecule has 1 aromatic heterocycles. The van der Waals surface area contributed by atoms with Gasteiger partial charge in [-0.25, -0.2) is 4.98 Å². The Kier molecular flexibility index (Phi) is 10.4. The first-order valence-corrected chi connectivity index (χ1v) is 12.9. The minimum Gasteiger partial charge on any atom is -0.341 e. The number of pyridine rings is 1. The van der Waals surface area contributed by atoms with Gasteiger partial charge in [-0.1, -0.05) is 38.1 Å². The highest BCUT2D eigenvalue weighted by molar-refractivity contribution is 5.94. The van der Waals surface area contributed by atoms with Gasteiger partial charge in [-0.05, 0) is 49.4 Å². The van der Waals surface area contributed by atoms with Crippen molar-refractivity contribution in [3.05, 3.63) is 53.7 Å². The fourth-order valence-electron chi connectivity index (χ4n) is 4.36. The lowest BCUT2D eigenvalue weighted by Gasteiger charge is -2.27. The minimum atomic E-state index is -0.142. The molecule has 2 N–H and O–H groups in total. The number of nitrogens with one attached hydrogen (secondary N) is 2. The van der Waals surface area contributed by atoms with Gasteiger partial charge in [0.05, 0.1) is 0 Å². The van der Waals surface area contributed by atoms with Crippen molar-refractivity contribution in [2.75, 3.05) is 36.4 Å². The first kappa shape index (κ1) is 27.3. The van der Waals surface area contributed by atoms with Crippen LogP contribution in [0.4, 0.5) is 11.5 Å². The summed E-state index contributed by atoms with van der Waals surface area (Å²) in [5.74, 6) is 0.816. The number of nitrogens with zero attached hydrogens (tertiary/aromatic N) is 3. The first-order valence-electron chi connectivity index (χ1n) is 12.9. The average molecular weight is 494 g/mol. The molecule has 0 bridgehead atoms. The molecule has 8 heteroatoms. The van der Waals surface area contributed by atoms with Gasteiger partial charge in [0.1, 0.15) is 5.82 Å². The number of hydrogen-bond donors (Lipinski definition) is 2. The Labute approximate surface area is 214 Å². The number of amides is 3. The molecule has 194 valence electrons. The summed E-state index contributed by atoms with van der Waals surface area (Å²) >= 11 is 0. The summed E-state index contributed by atoms with van der Waals surface area (Å²) in [6, 6.07) is 13.5. The standard InChI is InChI=1S/C28H39N5O3/c1-21(2)19-28(36)33-17-8-16-32(18-15-29-20-23-10-4-5-11-24(23)33)27(35)14-7-13-26(34)31-25-12-6-9-22(3)30-25/h4-6,9-12,21,29H,7-8,13-20H2,1-3H3,(H,30,31,34). The van der Waals surface area contributed by atoms with E-state index in [0.717, 1.165) is 16.9 Å². The highest BCUT2D eigenvalue weighted by Gasteiger charge is 2.21. The lowest BCUT2D eigenvalue weighted by Crippen LogP contribution is -2.39. The second-order valence-corrected chi connectivity index (χ2v) is 9.75. The normalized spacial score (nSPS) is 14.7. The topological polar surface area (TPSA) is 94.6 Å². The lowest BCUT2D eigenvalue weighted by molar-refractivity contribution is -0.131. The van der Waals surface area contributed by atoms with Gasteiger partial charge in [0.2, 0.25) is 17.7 Å². The number of carbonyl (C=O) groups is 3. The van der Waals surface area contributed by atoms with E-state index in [-0.39, 0.29) is 30.1 Å². The molecule has 3 amide bonds. The summed E-state index contributed by atoms with van der Waals surface area (Å²) in [4.78, 5) is 46.3. The van der Waals surface area contributed by atoms with Gasteiger partial charge in [-0.2, -0.15) is 0 Å². The van der Waals surface area contributed by atoms with E-state index in [1.807, 2.05) is 47.1 Å². The Morgan fingerprint density at radius 3 is 2.58 bits per heavy atom. The maximum atomic E-state index is 13.1. The van der Waals surface area contributed by atoms with Crippen LogP contribution in [0.2, 0.25) is 0 Å². The molecule has 0 radical (unpaired) electrons. The summed E-state index contributed by atoms with van der Waals surface area (Å²) in [5, 5.41) is 6.22. The monoisotopic (exact) mass is 493 g/mol. The Balaban J connectivity index is 1.56.